The van der Waals surface area contributed by atoms with E-state index in [2.05, 4.69) is 15.6 Å². The van der Waals surface area contributed by atoms with Crippen molar-refractivity contribution in [2.24, 2.45) is 0 Å². The molecule has 0 bridgehead atoms. The van der Waals surface area contributed by atoms with Gasteiger partial charge < -0.3 is 10.6 Å². The van der Waals surface area contributed by atoms with E-state index in [1.165, 1.54) is 16.7 Å². The van der Waals surface area contributed by atoms with Gasteiger partial charge in [-0.15, -0.1) is 0 Å². The topological polar surface area (TPSA) is 108 Å². The smallest absolute Gasteiger partial charge is 0.255 e. The molecule has 2 N–H and O–H groups in total. The number of hydrogen-bond acceptors (Lipinski definition) is 5. The first-order valence-electron chi connectivity index (χ1n) is 11.4. The minimum atomic E-state index is -3.55. The van der Waals surface area contributed by atoms with Gasteiger partial charge >= 0.3 is 0 Å². The summed E-state index contributed by atoms with van der Waals surface area (Å²) >= 11 is 0. The van der Waals surface area contributed by atoms with Gasteiger partial charge in [0.1, 0.15) is 0 Å². The molecule has 3 aromatic rings. The number of carbonyl (C=O) groups excluding carboxylic acids is 2. The highest BCUT2D eigenvalue weighted by Crippen LogP contribution is 2.24. The molecule has 0 radical (unpaired) electrons. The average Bonchev–Trinajstić information content (AvgIpc) is 2.86. The zero-order chi connectivity index (χ0) is 25.6. The highest BCUT2D eigenvalue weighted by atomic mass is 32.2. The lowest BCUT2D eigenvalue weighted by Gasteiger charge is -2.20. The molecule has 0 saturated carbocycles. The predicted octanol–water partition coefficient (Wildman–Crippen LogP) is 4.16. The fourth-order valence-corrected chi connectivity index (χ4v) is 5.17. The van der Waals surface area contributed by atoms with E-state index >= 15 is 0 Å². The van der Waals surface area contributed by atoms with Gasteiger partial charge in [-0.2, -0.15) is 4.31 Å². The first-order valence-corrected chi connectivity index (χ1v) is 12.8. The molecule has 0 aliphatic rings. The van der Waals surface area contributed by atoms with Crippen LogP contribution in [-0.4, -0.2) is 42.6 Å². The Morgan fingerprint density at radius 1 is 0.943 bits per heavy atom. The van der Waals surface area contributed by atoms with E-state index in [1.807, 2.05) is 19.9 Å². The van der Waals surface area contributed by atoms with Crippen molar-refractivity contribution in [2.45, 2.75) is 38.6 Å². The summed E-state index contributed by atoms with van der Waals surface area (Å²) < 4.78 is 26.8. The molecule has 0 aliphatic heterocycles. The van der Waals surface area contributed by atoms with Crippen molar-refractivity contribution in [2.75, 3.05) is 18.4 Å². The molecular formula is C26H30N4O4S. The molecule has 2 amide bonds. The van der Waals surface area contributed by atoms with Crippen LogP contribution >= 0.6 is 0 Å². The first kappa shape index (κ1) is 26.1. The molecule has 1 heterocycles. The van der Waals surface area contributed by atoms with Crippen molar-refractivity contribution in [1.82, 2.24) is 14.6 Å². The van der Waals surface area contributed by atoms with E-state index < -0.39 is 16.1 Å². The van der Waals surface area contributed by atoms with Gasteiger partial charge in [-0.25, -0.2) is 8.42 Å². The van der Waals surface area contributed by atoms with Crippen molar-refractivity contribution in [3.63, 3.8) is 0 Å². The Bertz CT molecular complexity index is 1290. The number of carbonyl (C=O) groups is 2. The number of rotatable bonds is 9. The Morgan fingerprint density at radius 3 is 2.17 bits per heavy atom. The molecule has 0 saturated heterocycles. The Kier molecular flexibility index (Phi) is 8.37. The largest absolute Gasteiger partial charge is 0.345 e. The molecule has 35 heavy (non-hydrogen) atoms. The minimum Gasteiger partial charge on any atom is -0.345 e. The quantitative estimate of drug-likeness (QED) is 0.464. The van der Waals surface area contributed by atoms with Gasteiger partial charge in [-0.05, 0) is 55.3 Å². The summed E-state index contributed by atoms with van der Waals surface area (Å²) in [6.45, 7) is 8.01. The molecule has 184 valence electrons. The second kappa shape index (κ2) is 11.2. The van der Waals surface area contributed by atoms with Crippen LogP contribution < -0.4 is 10.6 Å². The van der Waals surface area contributed by atoms with Crippen LogP contribution in [0.1, 0.15) is 58.7 Å². The third-order valence-electron chi connectivity index (χ3n) is 5.77. The van der Waals surface area contributed by atoms with Crippen LogP contribution in [0.2, 0.25) is 0 Å². The van der Waals surface area contributed by atoms with E-state index in [0.717, 1.165) is 11.1 Å². The third-order valence-corrected chi connectivity index (χ3v) is 7.83. The van der Waals surface area contributed by atoms with Crippen LogP contribution in [0.15, 0.2) is 71.9 Å². The highest BCUT2D eigenvalue weighted by molar-refractivity contribution is 7.89. The van der Waals surface area contributed by atoms with Gasteiger partial charge in [0.05, 0.1) is 22.2 Å². The zero-order valence-corrected chi connectivity index (χ0v) is 21.1. The van der Waals surface area contributed by atoms with Crippen LogP contribution in [-0.2, 0) is 10.0 Å². The molecule has 0 aliphatic carbocycles. The second-order valence-corrected chi connectivity index (χ2v) is 9.98. The van der Waals surface area contributed by atoms with E-state index in [9.17, 15) is 18.0 Å². The summed E-state index contributed by atoms with van der Waals surface area (Å²) in [6.07, 6.45) is 3.06. The lowest BCUT2D eigenvalue weighted by molar-refractivity contribution is 0.0940. The highest BCUT2D eigenvalue weighted by Gasteiger charge is 2.22. The van der Waals surface area contributed by atoms with Gasteiger partial charge in [0.15, 0.2) is 0 Å². The van der Waals surface area contributed by atoms with E-state index in [1.54, 1.807) is 62.4 Å². The summed E-state index contributed by atoms with van der Waals surface area (Å²) in [5, 5.41) is 5.77. The zero-order valence-electron chi connectivity index (χ0n) is 20.3. The number of aryl methyl sites for hydroxylation is 1. The Hall–Kier alpha value is -3.56. The number of aromatic nitrogens is 1. The standard InChI is InChI=1S/C26H30N4O4S/c1-5-30(6-2)35(33,34)22-12-10-20(11-13-22)19(4)28-26(32)23-9-7-8-18(3)24(23)29-25(31)21-14-16-27-17-15-21/h7-17,19H,5-6H2,1-4H3,(H,28,32)(H,29,31). The van der Waals surface area contributed by atoms with Gasteiger partial charge in [-0.3, -0.25) is 14.6 Å². The third kappa shape index (κ3) is 5.93. The number of sulfonamides is 1. The van der Waals surface area contributed by atoms with Crippen LogP contribution in [0.3, 0.4) is 0 Å². The second-order valence-electron chi connectivity index (χ2n) is 8.04. The summed E-state index contributed by atoms with van der Waals surface area (Å²) in [4.78, 5) is 29.9. The summed E-state index contributed by atoms with van der Waals surface area (Å²) in [7, 11) is -3.55. The Balaban J connectivity index is 1.78. The maximum absolute atomic E-state index is 13.1. The molecule has 1 atom stereocenters. The molecule has 0 spiro atoms. The number of pyridine rings is 1. The SMILES string of the molecule is CCN(CC)S(=O)(=O)c1ccc(C(C)NC(=O)c2cccc(C)c2NC(=O)c2ccncc2)cc1. The van der Waals surface area contributed by atoms with Crippen molar-refractivity contribution >= 4 is 27.5 Å². The molecule has 3 rings (SSSR count). The van der Waals surface area contributed by atoms with E-state index in [4.69, 9.17) is 0 Å². The Morgan fingerprint density at radius 2 is 1.57 bits per heavy atom. The van der Waals surface area contributed by atoms with Crippen LogP contribution in [0, 0.1) is 6.92 Å². The lowest BCUT2D eigenvalue weighted by Crippen LogP contribution is -2.30. The van der Waals surface area contributed by atoms with Crippen molar-refractivity contribution in [1.29, 1.82) is 0 Å². The summed E-state index contributed by atoms with van der Waals surface area (Å²) in [5.41, 5.74) is 2.70. The van der Waals surface area contributed by atoms with Crippen LogP contribution in [0.5, 0.6) is 0 Å². The van der Waals surface area contributed by atoms with E-state index in [-0.39, 0.29) is 16.7 Å². The van der Waals surface area contributed by atoms with Crippen molar-refractivity contribution in [3.05, 3.63) is 89.2 Å². The van der Waals surface area contributed by atoms with Crippen molar-refractivity contribution < 1.29 is 18.0 Å². The molecule has 1 aromatic heterocycles. The average molecular weight is 495 g/mol. The van der Waals surface area contributed by atoms with Crippen molar-refractivity contribution in [3.8, 4) is 0 Å². The number of hydrogen-bond donors (Lipinski definition) is 2. The van der Waals surface area contributed by atoms with Crippen LogP contribution in [0.25, 0.3) is 0 Å². The fourth-order valence-electron chi connectivity index (χ4n) is 3.71. The molecule has 8 nitrogen and oxygen atoms in total. The maximum Gasteiger partial charge on any atom is 0.255 e. The monoisotopic (exact) mass is 494 g/mol. The normalized spacial score (nSPS) is 12.3. The predicted molar refractivity (Wildman–Crippen MR) is 136 cm³/mol. The summed E-state index contributed by atoms with van der Waals surface area (Å²) in [5.74, 6) is -0.695. The minimum absolute atomic E-state index is 0.211. The number of benzene rings is 2. The summed E-state index contributed by atoms with van der Waals surface area (Å²) in [6, 6.07) is 14.5. The maximum atomic E-state index is 13.1. The molecule has 0 fully saturated rings. The molecule has 1 unspecified atom stereocenters. The molecule has 9 heteroatoms. The molecular weight excluding hydrogens is 464 g/mol. The lowest BCUT2D eigenvalue weighted by atomic mass is 10.0. The van der Waals surface area contributed by atoms with Gasteiger partial charge in [0.25, 0.3) is 11.8 Å². The number of anilines is 1. The van der Waals surface area contributed by atoms with Crippen LogP contribution in [0.4, 0.5) is 5.69 Å². The van der Waals surface area contributed by atoms with E-state index in [0.29, 0.717) is 29.9 Å². The molecule has 2 aromatic carbocycles. The van der Waals surface area contributed by atoms with Gasteiger partial charge in [0, 0.05) is 31.0 Å². The number of nitrogens with one attached hydrogen (secondary N) is 2. The fraction of sp³-hybridized carbons (Fsp3) is 0.269. The van der Waals surface area contributed by atoms with Gasteiger partial charge in [-0.1, -0.05) is 38.1 Å². The number of para-hydroxylation sites is 1. The Labute approximate surface area is 206 Å². The first-order chi connectivity index (χ1) is 16.7. The van der Waals surface area contributed by atoms with Gasteiger partial charge in [0.2, 0.25) is 10.0 Å². The number of nitrogens with zero attached hydrogens (tertiary/aromatic N) is 2. The number of amides is 2.